The van der Waals surface area contributed by atoms with Crippen LogP contribution in [0.1, 0.15) is 25.3 Å². The van der Waals surface area contributed by atoms with Gasteiger partial charge in [-0.1, -0.05) is 13.3 Å². The number of aromatic hydroxyl groups is 1. The van der Waals surface area contributed by atoms with E-state index in [-0.39, 0.29) is 11.4 Å². The number of unbranched alkanes of at least 4 members (excludes halogenated alkanes) is 1. The zero-order chi connectivity index (χ0) is 13.5. The second-order valence-corrected chi connectivity index (χ2v) is 3.98. The molecule has 1 rings (SSSR count). The van der Waals surface area contributed by atoms with Crippen LogP contribution < -0.4 is 0 Å². The van der Waals surface area contributed by atoms with Gasteiger partial charge < -0.3 is 10.1 Å². The molecule has 0 aromatic heterocycles. The summed E-state index contributed by atoms with van der Waals surface area (Å²) in [6.45, 7) is 2.90. The SMILES string of the molecule is CCCCN(C)N=Cc1cc([N+](=O)[O-])ccc1O. The van der Waals surface area contributed by atoms with Crippen molar-refractivity contribution in [1.29, 1.82) is 0 Å². The van der Waals surface area contributed by atoms with Crippen molar-refractivity contribution < 1.29 is 10.0 Å². The highest BCUT2D eigenvalue weighted by molar-refractivity contribution is 5.84. The molecule has 98 valence electrons. The molecule has 1 N–H and O–H groups in total. The molecule has 0 radical (unpaired) electrons. The minimum absolute atomic E-state index is 0.0201. The number of hydrogen-bond acceptors (Lipinski definition) is 5. The van der Waals surface area contributed by atoms with Crippen molar-refractivity contribution in [2.24, 2.45) is 5.10 Å². The lowest BCUT2D eigenvalue weighted by Gasteiger charge is -2.11. The highest BCUT2D eigenvalue weighted by atomic mass is 16.6. The lowest BCUT2D eigenvalue weighted by atomic mass is 10.2. The van der Waals surface area contributed by atoms with E-state index < -0.39 is 4.92 Å². The maximum absolute atomic E-state index is 10.6. The summed E-state index contributed by atoms with van der Waals surface area (Å²) in [4.78, 5) is 10.1. The van der Waals surface area contributed by atoms with Crippen molar-refractivity contribution >= 4 is 11.9 Å². The smallest absolute Gasteiger partial charge is 0.270 e. The first-order valence-electron chi connectivity index (χ1n) is 5.77. The molecule has 6 heteroatoms. The zero-order valence-electron chi connectivity index (χ0n) is 10.5. The van der Waals surface area contributed by atoms with E-state index in [9.17, 15) is 15.2 Å². The van der Waals surface area contributed by atoms with Crippen molar-refractivity contribution in [2.75, 3.05) is 13.6 Å². The van der Waals surface area contributed by atoms with Gasteiger partial charge in [-0.2, -0.15) is 5.10 Å². The number of nitro benzene ring substituents is 1. The van der Waals surface area contributed by atoms with Crippen LogP contribution in [0.3, 0.4) is 0 Å². The summed E-state index contributed by atoms with van der Waals surface area (Å²) in [6.07, 6.45) is 3.52. The van der Waals surface area contributed by atoms with Gasteiger partial charge in [-0.25, -0.2) is 0 Å². The molecular weight excluding hydrogens is 234 g/mol. The zero-order valence-corrected chi connectivity index (χ0v) is 10.5. The number of hydrogen-bond donors (Lipinski definition) is 1. The first kappa shape index (κ1) is 14.0. The molecule has 0 amide bonds. The molecule has 0 aliphatic heterocycles. The standard InChI is InChI=1S/C12H17N3O3/c1-3-4-7-14(2)13-9-10-8-11(15(17)18)5-6-12(10)16/h5-6,8-9,16H,3-4,7H2,1-2H3. The van der Waals surface area contributed by atoms with Crippen LogP contribution in [-0.4, -0.2) is 34.8 Å². The summed E-state index contributed by atoms with van der Waals surface area (Å²) in [5.74, 6) is -0.0201. The van der Waals surface area contributed by atoms with Crippen molar-refractivity contribution in [3.05, 3.63) is 33.9 Å². The van der Waals surface area contributed by atoms with Gasteiger partial charge in [0.05, 0.1) is 11.1 Å². The van der Waals surface area contributed by atoms with Crippen LogP contribution >= 0.6 is 0 Å². The lowest BCUT2D eigenvalue weighted by Crippen LogP contribution is -2.12. The molecule has 0 saturated heterocycles. The number of non-ortho nitro benzene ring substituents is 1. The van der Waals surface area contributed by atoms with E-state index in [0.29, 0.717) is 5.56 Å². The Hall–Kier alpha value is -2.11. The number of hydrazone groups is 1. The quantitative estimate of drug-likeness (QED) is 0.478. The van der Waals surface area contributed by atoms with Crippen molar-refractivity contribution in [3.8, 4) is 5.75 Å². The van der Waals surface area contributed by atoms with E-state index in [2.05, 4.69) is 12.0 Å². The van der Waals surface area contributed by atoms with Crippen LogP contribution in [0.2, 0.25) is 0 Å². The number of phenols is 1. The monoisotopic (exact) mass is 251 g/mol. The van der Waals surface area contributed by atoms with Gasteiger partial charge in [0, 0.05) is 31.3 Å². The maximum Gasteiger partial charge on any atom is 0.270 e. The molecule has 0 aliphatic carbocycles. The number of rotatable bonds is 6. The van der Waals surface area contributed by atoms with E-state index in [1.54, 1.807) is 5.01 Å². The Labute approximate surface area is 106 Å². The van der Waals surface area contributed by atoms with E-state index in [0.717, 1.165) is 19.4 Å². The molecule has 0 spiro atoms. The molecule has 0 bridgehead atoms. The van der Waals surface area contributed by atoms with Gasteiger partial charge in [0.2, 0.25) is 0 Å². The summed E-state index contributed by atoms with van der Waals surface area (Å²) in [7, 11) is 1.82. The maximum atomic E-state index is 10.6. The Morgan fingerprint density at radius 3 is 2.89 bits per heavy atom. The normalized spacial score (nSPS) is 10.8. The summed E-state index contributed by atoms with van der Waals surface area (Å²) < 4.78 is 0. The Bertz CT molecular complexity index is 446. The first-order chi connectivity index (χ1) is 8.54. The Morgan fingerprint density at radius 1 is 1.56 bits per heavy atom. The fourth-order valence-electron chi connectivity index (χ4n) is 1.36. The predicted molar refractivity (Wildman–Crippen MR) is 69.9 cm³/mol. The summed E-state index contributed by atoms with van der Waals surface area (Å²) in [6, 6.07) is 3.85. The van der Waals surface area contributed by atoms with Crippen molar-refractivity contribution in [1.82, 2.24) is 5.01 Å². The number of phenolic OH excluding ortho intramolecular Hbond substituents is 1. The minimum atomic E-state index is -0.502. The largest absolute Gasteiger partial charge is 0.507 e. The molecule has 0 heterocycles. The average Bonchev–Trinajstić information content (AvgIpc) is 2.35. The average molecular weight is 251 g/mol. The second-order valence-electron chi connectivity index (χ2n) is 3.98. The van der Waals surface area contributed by atoms with Gasteiger partial charge in [0.15, 0.2) is 0 Å². The van der Waals surface area contributed by atoms with Gasteiger partial charge in [-0.05, 0) is 12.5 Å². The molecule has 1 aromatic carbocycles. The van der Waals surface area contributed by atoms with Crippen LogP contribution in [0.4, 0.5) is 5.69 Å². The molecule has 0 unspecified atom stereocenters. The lowest BCUT2D eigenvalue weighted by molar-refractivity contribution is -0.384. The molecule has 1 aromatic rings. The third-order valence-corrected chi connectivity index (χ3v) is 2.45. The Balaban J connectivity index is 2.79. The molecule has 0 aliphatic rings. The van der Waals surface area contributed by atoms with Crippen molar-refractivity contribution in [3.63, 3.8) is 0 Å². The third-order valence-electron chi connectivity index (χ3n) is 2.45. The Morgan fingerprint density at radius 2 is 2.28 bits per heavy atom. The summed E-state index contributed by atoms with van der Waals surface area (Å²) >= 11 is 0. The predicted octanol–water partition coefficient (Wildman–Crippen LogP) is 2.37. The van der Waals surface area contributed by atoms with Gasteiger partial charge in [-0.15, -0.1) is 0 Å². The van der Waals surface area contributed by atoms with Crippen LogP contribution in [0.25, 0.3) is 0 Å². The molecule has 18 heavy (non-hydrogen) atoms. The van der Waals surface area contributed by atoms with Crippen LogP contribution in [0.15, 0.2) is 23.3 Å². The minimum Gasteiger partial charge on any atom is -0.507 e. The molecule has 0 fully saturated rings. The van der Waals surface area contributed by atoms with E-state index in [4.69, 9.17) is 0 Å². The van der Waals surface area contributed by atoms with Crippen LogP contribution in [-0.2, 0) is 0 Å². The van der Waals surface area contributed by atoms with Gasteiger partial charge in [0.25, 0.3) is 5.69 Å². The Kier molecular flexibility index (Phi) is 5.10. The second kappa shape index (κ2) is 6.58. The van der Waals surface area contributed by atoms with Gasteiger partial charge in [-0.3, -0.25) is 10.1 Å². The highest BCUT2D eigenvalue weighted by Crippen LogP contribution is 2.21. The van der Waals surface area contributed by atoms with Gasteiger partial charge in [0.1, 0.15) is 5.75 Å². The topological polar surface area (TPSA) is 79.0 Å². The molecule has 6 nitrogen and oxygen atoms in total. The third kappa shape index (κ3) is 4.04. The fourth-order valence-corrected chi connectivity index (χ4v) is 1.36. The van der Waals surface area contributed by atoms with Crippen LogP contribution in [0.5, 0.6) is 5.75 Å². The van der Waals surface area contributed by atoms with E-state index >= 15 is 0 Å². The summed E-state index contributed by atoms with van der Waals surface area (Å²) in [5, 5.41) is 26.0. The first-order valence-corrected chi connectivity index (χ1v) is 5.77. The highest BCUT2D eigenvalue weighted by Gasteiger charge is 2.08. The van der Waals surface area contributed by atoms with Crippen LogP contribution in [0, 0.1) is 10.1 Å². The fraction of sp³-hybridized carbons (Fsp3) is 0.417. The molecule has 0 atom stereocenters. The molecular formula is C12H17N3O3. The number of nitro groups is 1. The summed E-state index contributed by atoms with van der Waals surface area (Å²) in [5.41, 5.74) is 0.276. The molecule has 0 saturated carbocycles. The number of nitrogens with zero attached hydrogens (tertiary/aromatic N) is 3. The number of benzene rings is 1. The van der Waals surface area contributed by atoms with E-state index in [1.807, 2.05) is 7.05 Å². The van der Waals surface area contributed by atoms with Gasteiger partial charge >= 0.3 is 0 Å². The van der Waals surface area contributed by atoms with E-state index in [1.165, 1.54) is 24.4 Å². The van der Waals surface area contributed by atoms with Crippen molar-refractivity contribution in [2.45, 2.75) is 19.8 Å².